The first-order valence-corrected chi connectivity index (χ1v) is 7.11. The number of aromatic nitrogens is 5. The maximum absolute atomic E-state index is 11.4. The lowest BCUT2D eigenvalue weighted by atomic mass is 10.1. The molecule has 3 heterocycles. The highest BCUT2D eigenvalue weighted by Crippen LogP contribution is 2.26. The van der Waals surface area contributed by atoms with Crippen LogP contribution in [0.3, 0.4) is 0 Å². The van der Waals surface area contributed by atoms with E-state index < -0.39 is 5.91 Å². The SMILES string of the molecule is Cc1nn(C)c2ccc(-c3cnc4cnc(C(N)=O)cn34)cc12. The molecule has 1 aromatic carbocycles. The molecule has 0 aliphatic carbocycles. The molecule has 0 saturated carbocycles. The van der Waals surface area contributed by atoms with Crippen LogP contribution in [-0.4, -0.2) is 30.1 Å². The zero-order valence-corrected chi connectivity index (χ0v) is 12.7. The van der Waals surface area contributed by atoms with E-state index in [2.05, 4.69) is 21.1 Å². The first-order chi connectivity index (χ1) is 11.0. The van der Waals surface area contributed by atoms with Gasteiger partial charge >= 0.3 is 0 Å². The molecule has 114 valence electrons. The van der Waals surface area contributed by atoms with Gasteiger partial charge in [-0.15, -0.1) is 0 Å². The third kappa shape index (κ3) is 1.97. The highest BCUT2D eigenvalue weighted by molar-refractivity contribution is 5.91. The summed E-state index contributed by atoms with van der Waals surface area (Å²) in [4.78, 5) is 19.7. The molecule has 0 unspecified atom stereocenters. The number of carbonyl (C=O) groups excluding carboxylic acids is 1. The number of aryl methyl sites for hydroxylation is 2. The van der Waals surface area contributed by atoms with Gasteiger partial charge in [-0.3, -0.25) is 13.9 Å². The smallest absolute Gasteiger partial charge is 0.268 e. The van der Waals surface area contributed by atoms with Gasteiger partial charge in [-0.1, -0.05) is 6.07 Å². The van der Waals surface area contributed by atoms with Crippen molar-refractivity contribution in [2.24, 2.45) is 12.8 Å². The average Bonchev–Trinajstić information content (AvgIpc) is 3.08. The van der Waals surface area contributed by atoms with E-state index in [1.54, 1.807) is 12.4 Å². The van der Waals surface area contributed by atoms with Crippen molar-refractivity contribution >= 4 is 22.5 Å². The zero-order chi connectivity index (χ0) is 16.1. The van der Waals surface area contributed by atoms with Gasteiger partial charge in [-0.2, -0.15) is 5.10 Å². The van der Waals surface area contributed by atoms with E-state index in [9.17, 15) is 4.79 Å². The number of fused-ring (bicyclic) bond motifs is 2. The number of rotatable bonds is 2. The summed E-state index contributed by atoms with van der Waals surface area (Å²) in [5.41, 5.74) is 10.1. The minimum absolute atomic E-state index is 0.204. The van der Waals surface area contributed by atoms with Crippen LogP contribution in [0.5, 0.6) is 0 Å². The monoisotopic (exact) mass is 306 g/mol. The van der Waals surface area contributed by atoms with Crippen molar-refractivity contribution in [1.82, 2.24) is 24.1 Å². The Morgan fingerprint density at radius 2 is 2.04 bits per heavy atom. The summed E-state index contributed by atoms with van der Waals surface area (Å²) < 4.78 is 3.68. The molecule has 3 aromatic heterocycles. The second-order valence-corrected chi connectivity index (χ2v) is 5.45. The quantitative estimate of drug-likeness (QED) is 0.610. The maximum atomic E-state index is 11.4. The Labute approximate surface area is 131 Å². The molecule has 0 aliphatic heterocycles. The average molecular weight is 306 g/mol. The first-order valence-electron chi connectivity index (χ1n) is 7.11. The van der Waals surface area contributed by atoms with Crippen molar-refractivity contribution in [3.63, 3.8) is 0 Å². The number of nitrogens with zero attached hydrogens (tertiary/aromatic N) is 5. The van der Waals surface area contributed by atoms with Crippen molar-refractivity contribution in [3.8, 4) is 11.3 Å². The Hall–Kier alpha value is -3.22. The fourth-order valence-electron chi connectivity index (χ4n) is 2.83. The fourth-order valence-corrected chi connectivity index (χ4v) is 2.83. The fraction of sp³-hybridized carbons (Fsp3) is 0.125. The van der Waals surface area contributed by atoms with Crippen LogP contribution in [0.25, 0.3) is 27.8 Å². The minimum Gasteiger partial charge on any atom is -0.364 e. The summed E-state index contributed by atoms with van der Waals surface area (Å²) in [6.07, 6.45) is 4.91. The minimum atomic E-state index is -0.565. The molecule has 7 nitrogen and oxygen atoms in total. The van der Waals surface area contributed by atoms with Crippen LogP contribution < -0.4 is 5.73 Å². The predicted molar refractivity (Wildman–Crippen MR) is 85.9 cm³/mol. The molecule has 0 fully saturated rings. The Morgan fingerprint density at radius 3 is 2.83 bits per heavy atom. The number of primary amides is 1. The molecular weight excluding hydrogens is 292 g/mol. The molecule has 4 rings (SSSR count). The van der Waals surface area contributed by atoms with E-state index in [1.807, 2.05) is 35.2 Å². The topological polar surface area (TPSA) is 91.1 Å². The van der Waals surface area contributed by atoms with Crippen molar-refractivity contribution in [2.45, 2.75) is 6.92 Å². The van der Waals surface area contributed by atoms with E-state index in [1.165, 1.54) is 6.20 Å². The number of imidazole rings is 1. The van der Waals surface area contributed by atoms with Gasteiger partial charge in [-0.25, -0.2) is 9.97 Å². The molecule has 2 N–H and O–H groups in total. The number of benzene rings is 1. The van der Waals surface area contributed by atoms with Gasteiger partial charge in [0.2, 0.25) is 0 Å². The summed E-state index contributed by atoms with van der Waals surface area (Å²) in [5, 5.41) is 5.52. The molecule has 0 saturated heterocycles. The van der Waals surface area contributed by atoms with E-state index in [0.717, 1.165) is 27.9 Å². The molecule has 0 aliphatic rings. The van der Waals surface area contributed by atoms with Gasteiger partial charge in [0.1, 0.15) is 5.69 Å². The maximum Gasteiger partial charge on any atom is 0.268 e. The van der Waals surface area contributed by atoms with E-state index in [4.69, 9.17) is 5.73 Å². The number of carbonyl (C=O) groups is 1. The standard InChI is InChI=1S/C16H14N6O/c1-9-11-5-10(3-4-13(11)21(2)20-9)14-6-19-15-7-18-12(16(17)23)8-22(14)15/h3-8H,1-2H3,(H2,17,23). The highest BCUT2D eigenvalue weighted by atomic mass is 16.1. The van der Waals surface area contributed by atoms with Crippen LogP contribution >= 0.6 is 0 Å². The molecule has 0 bridgehead atoms. The van der Waals surface area contributed by atoms with E-state index in [-0.39, 0.29) is 5.69 Å². The molecule has 0 spiro atoms. The lowest BCUT2D eigenvalue weighted by Crippen LogP contribution is -2.13. The Kier molecular flexibility index (Phi) is 2.71. The summed E-state index contributed by atoms with van der Waals surface area (Å²) in [7, 11) is 1.92. The van der Waals surface area contributed by atoms with Crippen molar-refractivity contribution in [1.29, 1.82) is 0 Å². The Bertz CT molecular complexity index is 1080. The van der Waals surface area contributed by atoms with Gasteiger partial charge in [0.25, 0.3) is 5.91 Å². The lowest BCUT2D eigenvalue weighted by molar-refractivity contribution is 0.0995. The van der Waals surface area contributed by atoms with Crippen LogP contribution in [0.15, 0.2) is 36.8 Å². The molecule has 1 amide bonds. The first kappa shape index (κ1) is 13.4. The molecule has 7 heteroatoms. The van der Waals surface area contributed by atoms with Gasteiger partial charge in [0.15, 0.2) is 5.65 Å². The zero-order valence-electron chi connectivity index (χ0n) is 12.7. The second-order valence-electron chi connectivity index (χ2n) is 5.45. The summed E-state index contributed by atoms with van der Waals surface area (Å²) >= 11 is 0. The van der Waals surface area contributed by atoms with Crippen LogP contribution in [0.1, 0.15) is 16.2 Å². The molecule has 23 heavy (non-hydrogen) atoms. The summed E-state index contributed by atoms with van der Waals surface area (Å²) in [6.45, 7) is 1.98. The van der Waals surface area contributed by atoms with E-state index >= 15 is 0 Å². The number of hydrogen-bond donors (Lipinski definition) is 1. The van der Waals surface area contributed by atoms with Gasteiger partial charge in [0, 0.05) is 24.2 Å². The number of nitrogens with two attached hydrogens (primary N) is 1. The van der Waals surface area contributed by atoms with Crippen molar-refractivity contribution in [2.75, 3.05) is 0 Å². The highest BCUT2D eigenvalue weighted by Gasteiger charge is 2.12. The van der Waals surface area contributed by atoms with Crippen molar-refractivity contribution < 1.29 is 4.79 Å². The van der Waals surface area contributed by atoms with E-state index in [0.29, 0.717) is 5.65 Å². The van der Waals surface area contributed by atoms with Gasteiger partial charge in [0.05, 0.1) is 29.3 Å². The molecule has 0 radical (unpaired) electrons. The lowest BCUT2D eigenvalue weighted by Gasteiger charge is -2.04. The third-order valence-corrected chi connectivity index (χ3v) is 3.98. The predicted octanol–water partition coefficient (Wildman–Crippen LogP) is 1.69. The molecule has 0 atom stereocenters. The van der Waals surface area contributed by atoms with Gasteiger partial charge < -0.3 is 5.73 Å². The largest absolute Gasteiger partial charge is 0.364 e. The Morgan fingerprint density at radius 1 is 1.22 bits per heavy atom. The second kappa shape index (κ2) is 4.64. The third-order valence-electron chi connectivity index (χ3n) is 3.98. The Balaban J connectivity index is 1.96. The number of amides is 1. The summed E-state index contributed by atoms with van der Waals surface area (Å²) in [6, 6.07) is 6.11. The molecular formula is C16H14N6O. The van der Waals surface area contributed by atoms with Gasteiger partial charge in [-0.05, 0) is 19.1 Å². The normalized spacial score (nSPS) is 11.4. The summed E-state index contributed by atoms with van der Waals surface area (Å²) in [5.74, 6) is -0.565. The van der Waals surface area contributed by atoms with Crippen LogP contribution in [-0.2, 0) is 7.05 Å². The van der Waals surface area contributed by atoms with Crippen LogP contribution in [0, 0.1) is 6.92 Å². The molecule has 4 aromatic rings. The number of hydrogen-bond acceptors (Lipinski definition) is 4. The van der Waals surface area contributed by atoms with Crippen LogP contribution in [0.2, 0.25) is 0 Å². The van der Waals surface area contributed by atoms with Crippen LogP contribution in [0.4, 0.5) is 0 Å². The van der Waals surface area contributed by atoms with Crippen molar-refractivity contribution in [3.05, 3.63) is 48.2 Å².